The van der Waals surface area contributed by atoms with Crippen molar-refractivity contribution in [2.75, 3.05) is 6.61 Å². The Balaban J connectivity index is 2.36. The Hall–Kier alpha value is -2.10. The Morgan fingerprint density at radius 2 is 1.95 bits per heavy atom. The number of ether oxygens (including phenoxy) is 1. The van der Waals surface area contributed by atoms with Crippen LogP contribution in [-0.4, -0.2) is 22.1 Å². The predicted octanol–water partition coefficient (Wildman–Crippen LogP) is 2.98. The molecule has 0 N–H and O–H groups in total. The lowest BCUT2D eigenvalue weighted by Gasteiger charge is -2.10. The van der Waals surface area contributed by atoms with Gasteiger partial charge in [0.05, 0.1) is 12.3 Å². The number of hydrogen-bond donors (Lipinski definition) is 0. The smallest absolute Gasteiger partial charge is 0.358 e. The molecule has 0 aliphatic carbocycles. The highest BCUT2D eigenvalue weighted by molar-refractivity contribution is 5.88. The number of rotatable bonds is 5. The molecule has 4 nitrogen and oxygen atoms in total. The average molecular weight is 272 g/mol. The van der Waals surface area contributed by atoms with Crippen LogP contribution in [-0.2, 0) is 17.7 Å². The van der Waals surface area contributed by atoms with E-state index in [2.05, 4.69) is 21.7 Å². The Morgan fingerprint density at radius 3 is 2.55 bits per heavy atom. The monoisotopic (exact) mass is 272 g/mol. The Bertz CT molecular complexity index is 588. The molecule has 0 saturated carbocycles. The summed E-state index contributed by atoms with van der Waals surface area (Å²) in [6.07, 6.45) is 0.752. The van der Waals surface area contributed by atoms with E-state index in [1.807, 2.05) is 32.0 Å². The molecule has 1 aromatic carbocycles. The van der Waals surface area contributed by atoms with E-state index >= 15 is 0 Å². The molecule has 4 heteroatoms. The van der Waals surface area contributed by atoms with Gasteiger partial charge in [0.2, 0.25) is 0 Å². The second-order valence-electron chi connectivity index (χ2n) is 4.60. The van der Waals surface area contributed by atoms with Crippen molar-refractivity contribution in [3.8, 4) is 0 Å². The summed E-state index contributed by atoms with van der Waals surface area (Å²) >= 11 is 0. The van der Waals surface area contributed by atoms with Crippen LogP contribution in [0.15, 0.2) is 30.3 Å². The summed E-state index contributed by atoms with van der Waals surface area (Å²) in [7, 11) is 0. The third-order valence-electron chi connectivity index (χ3n) is 3.25. The van der Waals surface area contributed by atoms with Gasteiger partial charge in [0.15, 0.2) is 5.69 Å². The van der Waals surface area contributed by atoms with E-state index in [1.54, 1.807) is 6.92 Å². The number of hydrogen-bond acceptors (Lipinski definition) is 3. The van der Waals surface area contributed by atoms with Gasteiger partial charge in [-0.3, -0.25) is 0 Å². The first-order valence-corrected chi connectivity index (χ1v) is 6.94. The maximum absolute atomic E-state index is 11.9. The minimum atomic E-state index is -0.334. The molecule has 0 fully saturated rings. The van der Waals surface area contributed by atoms with E-state index in [-0.39, 0.29) is 5.97 Å². The van der Waals surface area contributed by atoms with E-state index in [4.69, 9.17) is 4.74 Å². The lowest BCUT2D eigenvalue weighted by Crippen LogP contribution is -2.11. The zero-order valence-electron chi connectivity index (χ0n) is 12.2. The van der Waals surface area contributed by atoms with E-state index in [0.717, 1.165) is 24.5 Å². The zero-order chi connectivity index (χ0) is 14.5. The van der Waals surface area contributed by atoms with Gasteiger partial charge in [0.1, 0.15) is 5.82 Å². The maximum atomic E-state index is 11.9. The fraction of sp³-hybridized carbons (Fsp3) is 0.375. The van der Waals surface area contributed by atoms with Gasteiger partial charge < -0.3 is 9.30 Å². The lowest BCUT2D eigenvalue weighted by atomic mass is 10.2. The number of aryl methyl sites for hydroxylation is 1. The summed E-state index contributed by atoms with van der Waals surface area (Å²) in [5, 5.41) is 0. The number of nitrogens with zero attached hydrogens (tertiary/aromatic N) is 2. The number of aromatic nitrogens is 2. The molecule has 0 radical (unpaired) electrons. The van der Waals surface area contributed by atoms with Crippen molar-refractivity contribution < 1.29 is 9.53 Å². The van der Waals surface area contributed by atoms with Crippen molar-refractivity contribution in [2.24, 2.45) is 0 Å². The second kappa shape index (κ2) is 6.37. The molecule has 20 heavy (non-hydrogen) atoms. The number of imidazole rings is 1. The summed E-state index contributed by atoms with van der Waals surface area (Å²) in [4.78, 5) is 16.3. The van der Waals surface area contributed by atoms with Crippen LogP contribution in [0.4, 0.5) is 0 Å². The standard InChI is InChI=1S/C16H20N2O2/c1-4-14-15(16(19)20-5-2)17-12(3)18(14)11-13-9-7-6-8-10-13/h6-10H,4-5,11H2,1-3H3. The predicted molar refractivity (Wildman–Crippen MR) is 77.8 cm³/mol. The fourth-order valence-corrected chi connectivity index (χ4v) is 2.31. The summed E-state index contributed by atoms with van der Waals surface area (Å²) in [5.74, 6) is 0.507. The zero-order valence-corrected chi connectivity index (χ0v) is 12.2. The van der Waals surface area contributed by atoms with Gasteiger partial charge in [-0.25, -0.2) is 9.78 Å². The van der Waals surface area contributed by atoms with E-state index in [0.29, 0.717) is 12.3 Å². The largest absolute Gasteiger partial charge is 0.461 e. The van der Waals surface area contributed by atoms with Crippen LogP contribution in [0.25, 0.3) is 0 Å². The van der Waals surface area contributed by atoms with Gasteiger partial charge in [0.25, 0.3) is 0 Å². The molecule has 0 amide bonds. The van der Waals surface area contributed by atoms with Gasteiger partial charge >= 0.3 is 5.97 Å². The third kappa shape index (κ3) is 2.90. The van der Waals surface area contributed by atoms with Crippen LogP contribution in [0.5, 0.6) is 0 Å². The van der Waals surface area contributed by atoms with Crippen LogP contribution in [0.3, 0.4) is 0 Å². The van der Waals surface area contributed by atoms with Gasteiger partial charge in [-0.1, -0.05) is 37.3 Å². The highest BCUT2D eigenvalue weighted by atomic mass is 16.5. The molecule has 1 heterocycles. The second-order valence-corrected chi connectivity index (χ2v) is 4.60. The van der Waals surface area contributed by atoms with Crippen LogP contribution in [0.2, 0.25) is 0 Å². The Morgan fingerprint density at radius 1 is 1.25 bits per heavy atom. The fourth-order valence-electron chi connectivity index (χ4n) is 2.31. The Labute approximate surface area is 119 Å². The highest BCUT2D eigenvalue weighted by Gasteiger charge is 2.20. The summed E-state index contributed by atoms with van der Waals surface area (Å²) in [5.41, 5.74) is 2.57. The van der Waals surface area contributed by atoms with Crippen LogP contribution in [0.1, 0.15) is 41.4 Å². The summed E-state index contributed by atoms with van der Waals surface area (Å²) in [6, 6.07) is 10.2. The topological polar surface area (TPSA) is 44.1 Å². The van der Waals surface area contributed by atoms with Crippen LogP contribution in [0, 0.1) is 6.92 Å². The molecule has 2 aromatic rings. The average Bonchev–Trinajstić information content (AvgIpc) is 2.77. The van der Waals surface area contributed by atoms with Crippen LogP contribution >= 0.6 is 0 Å². The molecule has 0 aliphatic heterocycles. The molecular weight excluding hydrogens is 252 g/mol. The molecule has 0 saturated heterocycles. The van der Waals surface area contributed by atoms with Crippen molar-refractivity contribution in [1.29, 1.82) is 0 Å². The van der Waals surface area contributed by atoms with Crippen molar-refractivity contribution in [3.05, 3.63) is 53.1 Å². The van der Waals surface area contributed by atoms with Crippen molar-refractivity contribution in [2.45, 2.75) is 33.7 Å². The molecule has 0 unspecified atom stereocenters. The van der Waals surface area contributed by atoms with Crippen molar-refractivity contribution in [3.63, 3.8) is 0 Å². The molecule has 0 spiro atoms. The minimum Gasteiger partial charge on any atom is -0.461 e. The van der Waals surface area contributed by atoms with Crippen molar-refractivity contribution >= 4 is 5.97 Å². The molecule has 0 bridgehead atoms. The van der Waals surface area contributed by atoms with Gasteiger partial charge in [0, 0.05) is 6.54 Å². The molecule has 0 atom stereocenters. The summed E-state index contributed by atoms with van der Waals surface area (Å²) < 4.78 is 7.16. The first kappa shape index (κ1) is 14.3. The highest BCUT2D eigenvalue weighted by Crippen LogP contribution is 2.16. The number of carbonyl (C=O) groups excluding carboxylic acids is 1. The number of carbonyl (C=O) groups is 1. The minimum absolute atomic E-state index is 0.334. The van der Waals surface area contributed by atoms with Crippen LogP contribution < -0.4 is 0 Å². The Kier molecular flexibility index (Phi) is 4.56. The summed E-state index contributed by atoms with van der Waals surface area (Å²) in [6.45, 7) is 6.84. The van der Waals surface area contributed by atoms with Gasteiger partial charge in [-0.05, 0) is 25.8 Å². The van der Waals surface area contributed by atoms with E-state index in [9.17, 15) is 4.79 Å². The molecule has 2 rings (SSSR count). The molecule has 106 valence electrons. The molecular formula is C16H20N2O2. The first-order valence-electron chi connectivity index (χ1n) is 6.94. The van der Waals surface area contributed by atoms with E-state index in [1.165, 1.54) is 5.56 Å². The first-order chi connectivity index (χ1) is 9.67. The molecule has 1 aromatic heterocycles. The molecule has 0 aliphatic rings. The SMILES string of the molecule is CCOC(=O)c1nc(C)n(Cc2ccccc2)c1CC. The lowest BCUT2D eigenvalue weighted by molar-refractivity contribution is 0.0518. The quantitative estimate of drug-likeness (QED) is 0.786. The van der Waals surface area contributed by atoms with Crippen molar-refractivity contribution in [1.82, 2.24) is 9.55 Å². The number of benzene rings is 1. The third-order valence-corrected chi connectivity index (χ3v) is 3.25. The maximum Gasteiger partial charge on any atom is 0.358 e. The van der Waals surface area contributed by atoms with Gasteiger partial charge in [-0.2, -0.15) is 0 Å². The van der Waals surface area contributed by atoms with E-state index < -0.39 is 0 Å². The number of esters is 1. The van der Waals surface area contributed by atoms with Gasteiger partial charge in [-0.15, -0.1) is 0 Å². The normalized spacial score (nSPS) is 10.6.